The summed E-state index contributed by atoms with van der Waals surface area (Å²) in [6.45, 7) is 6.53. The van der Waals surface area contributed by atoms with Crippen LogP contribution in [0.4, 0.5) is 0 Å². The van der Waals surface area contributed by atoms with E-state index in [0.717, 1.165) is 51.1 Å². The van der Waals surface area contributed by atoms with Crippen molar-refractivity contribution in [2.24, 2.45) is 0 Å². The lowest BCUT2D eigenvalue weighted by Gasteiger charge is -2.32. The Bertz CT molecular complexity index is 414. The second-order valence-corrected chi connectivity index (χ2v) is 5.14. The van der Waals surface area contributed by atoms with Crippen LogP contribution in [0.15, 0.2) is 12.1 Å². The van der Waals surface area contributed by atoms with E-state index < -0.39 is 0 Å². The molecular formula is C15H24N2O2. The number of aromatic amines is 1. The number of piperidine rings is 1. The summed E-state index contributed by atoms with van der Waals surface area (Å²) in [6.07, 6.45) is 4.25. The SMILES string of the molecule is CCCOC1CCCN(C(=O)c2ccc(CC)[nH]2)C1. The molecule has 0 spiro atoms. The molecule has 2 rings (SSSR count). The van der Waals surface area contributed by atoms with E-state index in [4.69, 9.17) is 4.74 Å². The highest BCUT2D eigenvalue weighted by Crippen LogP contribution is 2.16. The lowest BCUT2D eigenvalue weighted by molar-refractivity contribution is 0.00194. The van der Waals surface area contributed by atoms with Gasteiger partial charge in [0.15, 0.2) is 0 Å². The fourth-order valence-electron chi connectivity index (χ4n) is 2.48. The fourth-order valence-corrected chi connectivity index (χ4v) is 2.48. The molecule has 1 aromatic heterocycles. The van der Waals surface area contributed by atoms with Crippen LogP contribution in [0.3, 0.4) is 0 Å². The molecule has 1 atom stereocenters. The van der Waals surface area contributed by atoms with E-state index in [1.165, 1.54) is 0 Å². The molecule has 2 heterocycles. The van der Waals surface area contributed by atoms with Crippen molar-refractivity contribution in [2.75, 3.05) is 19.7 Å². The van der Waals surface area contributed by atoms with Crippen LogP contribution in [0.25, 0.3) is 0 Å². The Morgan fingerprint density at radius 2 is 2.32 bits per heavy atom. The quantitative estimate of drug-likeness (QED) is 0.888. The summed E-state index contributed by atoms with van der Waals surface area (Å²) >= 11 is 0. The standard InChI is InChI=1S/C15H24N2O2/c1-3-10-19-13-6-5-9-17(11-13)15(18)14-8-7-12(4-2)16-14/h7-8,13,16H,3-6,9-11H2,1-2H3. The predicted octanol–water partition coefficient (Wildman–Crippen LogP) is 2.61. The van der Waals surface area contributed by atoms with Gasteiger partial charge in [0.2, 0.25) is 0 Å². The number of likely N-dealkylation sites (tertiary alicyclic amines) is 1. The maximum atomic E-state index is 12.4. The molecule has 0 radical (unpaired) electrons. The first-order chi connectivity index (χ1) is 9.24. The van der Waals surface area contributed by atoms with E-state index in [0.29, 0.717) is 5.69 Å². The van der Waals surface area contributed by atoms with Gasteiger partial charge in [-0.3, -0.25) is 4.79 Å². The fraction of sp³-hybridized carbons (Fsp3) is 0.667. The maximum Gasteiger partial charge on any atom is 0.270 e. The highest BCUT2D eigenvalue weighted by Gasteiger charge is 2.25. The largest absolute Gasteiger partial charge is 0.376 e. The third-order valence-electron chi connectivity index (χ3n) is 3.58. The van der Waals surface area contributed by atoms with E-state index in [2.05, 4.69) is 18.8 Å². The summed E-state index contributed by atoms with van der Waals surface area (Å²) in [7, 11) is 0. The second kappa shape index (κ2) is 6.75. The van der Waals surface area contributed by atoms with Gasteiger partial charge < -0.3 is 14.6 Å². The minimum Gasteiger partial charge on any atom is -0.376 e. The molecule has 4 nitrogen and oxygen atoms in total. The van der Waals surface area contributed by atoms with E-state index >= 15 is 0 Å². The van der Waals surface area contributed by atoms with Crippen LogP contribution in [0.1, 0.15) is 49.3 Å². The Balaban J connectivity index is 1.94. The number of carbonyl (C=O) groups is 1. The van der Waals surface area contributed by atoms with Crippen LogP contribution in [0, 0.1) is 0 Å². The molecule has 19 heavy (non-hydrogen) atoms. The zero-order valence-corrected chi connectivity index (χ0v) is 11.9. The smallest absolute Gasteiger partial charge is 0.270 e. The summed E-state index contributed by atoms with van der Waals surface area (Å²) in [5, 5.41) is 0. The summed E-state index contributed by atoms with van der Waals surface area (Å²) in [5.41, 5.74) is 1.81. The van der Waals surface area contributed by atoms with Gasteiger partial charge in [0, 0.05) is 25.4 Å². The molecule has 1 aliphatic rings. The van der Waals surface area contributed by atoms with Gasteiger partial charge in [-0.05, 0) is 37.8 Å². The molecule has 0 saturated carbocycles. The number of hydrogen-bond acceptors (Lipinski definition) is 2. The molecule has 106 valence electrons. The summed E-state index contributed by atoms with van der Waals surface area (Å²) < 4.78 is 5.77. The van der Waals surface area contributed by atoms with Crippen LogP contribution >= 0.6 is 0 Å². The molecule has 0 bridgehead atoms. The van der Waals surface area contributed by atoms with Crippen LogP contribution in [-0.2, 0) is 11.2 Å². The van der Waals surface area contributed by atoms with E-state index in [1.54, 1.807) is 0 Å². The van der Waals surface area contributed by atoms with Gasteiger partial charge in [-0.1, -0.05) is 13.8 Å². The van der Waals surface area contributed by atoms with Gasteiger partial charge in [-0.25, -0.2) is 0 Å². The third-order valence-corrected chi connectivity index (χ3v) is 3.58. The Kier molecular flexibility index (Phi) is 5.02. The number of H-pyrrole nitrogens is 1. The van der Waals surface area contributed by atoms with E-state index in [1.807, 2.05) is 17.0 Å². The number of nitrogens with one attached hydrogen (secondary N) is 1. The Labute approximate surface area is 115 Å². The van der Waals surface area contributed by atoms with Crippen molar-refractivity contribution in [1.82, 2.24) is 9.88 Å². The molecule has 1 aromatic rings. The van der Waals surface area contributed by atoms with Crippen molar-refractivity contribution in [2.45, 2.75) is 45.6 Å². The first-order valence-electron chi connectivity index (χ1n) is 7.33. The molecule has 1 saturated heterocycles. The molecule has 1 aliphatic heterocycles. The molecular weight excluding hydrogens is 240 g/mol. The zero-order valence-electron chi connectivity index (χ0n) is 11.9. The van der Waals surface area contributed by atoms with Crippen molar-refractivity contribution >= 4 is 5.91 Å². The Morgan fingerprint density at radius 3 is 3.00 bits per heavy atom. The molecule has 4 heteroatoms. The van der Waals surface area contributed by atoms with Crippen molar-refractivity contribution in [3.05, 3.63) is 23.5 Å². The van der Waals surface area contributed by atoms with Crippen LogP contribution in [0.2, 0.25) is 0 Å². The molecule has 0 aromatic carbocycles. The van der Waals surface area contributed by atoms with Gasteiger partial charge >= 0.3 is 0 Å². The van der Waals surface area contributed by atoms with Gasteiger partial charge in [0.1, 0.15) is 5.69 Å². The number of amides is 1. The first-order valence-corrected chi connectivity index (χ1v) is 7.33. The van der Waals surface area contributed by atoms with Gasteiger partial charge in [0.25, 0.3) is 5.91 Å². The van der Waals surface area contributed by atoms with Crippen molar-refractivity contribution in [1.29, 1.82) is 0 Å². The van der Waals surface area contributed by atoms with Crippen LogP contribution < -0.4 is 0 Å². The number of rotatable bonds is 5. The maximum absolute atomic E-state index is 12.4. The number of aryl methyl sites for hydroxylation is 1. The number of nitrogens with zero attached hydrogens (tertiary/aromatic N) is 1. The van der Waals surface area contributed by atoms with Crippen molar-refractivity contribution in [3.8, 4) is 0 Å². The zero-order chi connectivity index (χ0) is 13.7. The molecule has 1 fully saturated rings. The third kappa shape index (κ3) is 3.60. The van der Waals surface area contributed by atoms with Gasteiger partial charge in [-0.2, -0.15) is 0 Å². The number of hydrogen-bond donors (Lipinski definition) is 1. The first kappa shape index (κ1) is 14.1. The van der Waals surface area contributed by atoms with Crippen molar-refractivity contribution in [3.63, 3.8) is 0 Å². The molecule has 1 unspecified atom stereocenters. The number of aromatic nitrogens is 1. The van der Waals surface area contributed by atoms with Gasteiger partial charge in [-0.15, -0.1) is 0 Å². The lowest BCUT2D eigenvalue weighted by atomic mass is 10.1. The Hall–Kier alpha value is -1.29. The average molecular weight is 264 g/mol. The van der Waals surface area contributed by atoms with Crippen LogP contribution in [-0.4, -0.2) is 41.6 Å². The van der Waals surface area contributed by atoms with Crippen LogP contribution in [0.5, 0.6) is 0 Å². The lowest BCUT2D eigenvalue weighted by Crippen LogP contribution is -2.43. The van der Waals surface area contributed by atoms with Gasteiger partial charge in [0.05, 0.1) is 6.10 Å². The summed E-state index contributed by atoms with van der Waals surface area (Å²) in [6, 6.07) is 3.87. The summed E-state index contributed by atoms with van der Waals surface area (Å²) in [4.78, 5) is 17.5. The highest BCUT2D eigenvalue weighted by atomic mass is 16.5. The summed E-state index contributed by atoms with van der Waals surface area (Å²) in [5.74, 6) is 0.101. The highest BCUT2D eigenvalue weighted by molar-refractivity contribution is 5.92. The minimum atomic E-state index is 0.101. The normalized spacial score (nSPS) is 19.7. The number of ether oxygens (including phenoxy) is 1. The van der Waals surface area contributed by atoms with Crippen molar-refractivity contribution < 1.29 is 9.53 Å². The molecule has 1 N–H and O–H groups in total. The monoisotopic (exact) mass is 264 g/mol. The molecule has 0 aliphatic carbocycles. The average Bonchev–Trinajstić information content (AvgIpc) is 2.93. The number of carbonyl (C=O) groups excluding carboxylic acids is 1. The molecule has 1 amide bonds. The van der Waals surface area contributed by atoms with E-state index in [9.17, 15) is 4.79 Å². The topological polar surface area (TPSA) is 45.3 Å². The Morgan fingerprint density at radius 1 is 1.47 bits per heavy atom. The van der Waals surface area contributed by atoms with E-state index in [-0.39, 0.29) is 12.0 Å². The predicted molar refractivity (Wildman–Crippen MR) is 75.3 cm³/mol. The minimum absolute atomic E-state index is 0.101. The second-order valence-electron chi connectivity index (χ2n) is 5.14.